The average Bonchev–Trinajstić information content (AvgIpc) is 2.73. The molecule has 0 atom stereocenters. The van der Waals surface area contributed by atoms with Crippen LogP contribution in [0.4, 0.5) is 0 Å². The van der Waals surface area contributed by atoms with Crippen LogP contribution in [-0.2, 0) is 17.9 Å². The smallest absolute Gasteiger partial charge is 0.329 e. The molecule has 2 rings (SSSR count). The van der Waals surface area contributed by atoms with E-state index in [0.29, 0.717) is 6.54 Å². The first-order valence-corrected chi connectivity index (χ1v) is 7.88. The molecule has 1 aromatic heterocycles. The number of aromatic nitrogens is 2. The summed E-state index contributed by atoms with van der Waals surface area (Å²) < 4.78 is 3.31. The molecule has 0 radical (unpaired) electrons. The molecule has 5 heteroatoms. The number of carbonyl (C=O) groups excluding carboxylic acids is 1. The van der Waals surface area contributed by atoms with Crippen molar-refractivity contribution < 1.29 is 4.79 Å². The number of benzene rings is 1. The van der Waals surface area contributed by atoms with E-state index in [-0.39, 0.29) is 23.7 Å². The van der Waals surface area contributed by atoms with Crippen LogP contribution in [0.1, 0.15) is 40.5 Å². The third-order valence-electron chi connectivity index (χ3n) is 4.04. The van der Waals surface area contributed by atoms with E-state index in [1.807, 2.05) is 52.0 Å². The summed E-state index contributed by atoms with van der Waals surface area (Å²) in [5.41, 5.74) is 1.32. The lowest BCUT2D eigenvalue weighted by Crippen LogP contribution is -2.45. The molecule has 120 valence electrons. The Morgan fingerprint density at radius 2 is 1.73 bits per heavy atom. The SMILES string of the molecule is CCCn1c(=O)n(CC(=O)NC(C)(C)CC)c2ccccc21. The van der Waals surface area contributed by atoms with Crippen LogP contribution in [0.5, 0.6) is 0 Å². The maximum absolute atomic E-state index is 12.6. The third kappa shape index (κ3) is 3.24. The zero-order chi connectivity index (χ0) is 16.3. The van der Waals surface area contributed by atoms with Gasteiger partial charge in [0.05, 0.1) is 11.0 Å². The summed E-state index contributed by atoms with van der Waals surface area (Å²) in [5.74, 6) is -0.131. The summed E-state index contributed by atoms with van der Waals surface area (Å²) in [5, 5.41) is 2.98. The monoisotopic (exact) mass is 303 g/mol. The van der Waals surface area contributed by atoms with E-state index in [1.165, 1.54) is 0 Å². The van der Waals surface area contributed by atoms with E-state index in [1.54, 1.807) is 9.13 Å². The van der Waals surface area contributed by atoms with Gasteiger partial charge < -0.3 is 5.32 Å². The molecule has 1 amide bonds. The zero-order valence-corrected chi connectivity index (χ0v) is 13.8. The highest BCUT2D eigenvalue weighted by atomic mass is 16.2. The highest BCUT2D eigenvalue weighted by molar-refractivity contribution is 5.81. The second kappa shape index (κ2) is 6.38. The van der Waals surface area contributed by atoms with Crippen molar-refractivity contribution in [2.75, 3.05) is 0 Å². The Morgan fingerprint density at radius 1 is 1.14 bits per heavy atom. The van der Waals surface area contributed by atoms with Gasteiger partial charge in [-0.05, 0) is 38.8 Å². The Hall–Kier alpha value is -2.04. The largest absolute Gasteiger partial charge is 0.350 e. The van der Waals surface area contributed by atoms with Crippen molar-refractivity contribution in [3.8, 4) is 0 Å². The number of nitrogens with one attached hydrogen (secondary N) is 1. The molecule has 0 bridgehead atoms. The number of aryl methyl sites for hydroxylation is 1. The van der Waals surface area contributed by atoms with Crippen molar-refractivity contribution >= 4 is 16.9 Å². The summed E-state index contributed by atoms with van der Waals surface area (Å²) in [4.78, 5) is 24.9. The lowest BCUT2D eigenvalue weighted by Gasteiger charge is -2.24. The minimum Gasteiger partial charge on any atom is -0.350 e. The molecule has 2 aromatic rings. The second-order valence-electron chi connectivity index (χ2n) is 6.29. The maximum Gasteiger partial charge on any atom is 0.329 e. The molecule has 0 saturated carbocycles. The van der Waals surface area contributed by atoms with Gasteiger partial charge in [-0.15, -0.1) is 0 Å². The molecule has 1 aromatic carbocycles. The first-order valence-electron chi connectivity index (χ1n) is 7.88. The van der Waals surface area contributed by atoms with Crippen LogP contribution in [0.25, 0.3) is 11.0 Å². The molecule has 0 aliphatic carbocycles. The van der Waals surface area contributed by atoms with E-state index in [9.17, 15) is 9.59 Å². The van der Waals surface area contributed by atoms with Crippen molar-refractivity contribution in [1.82, 2.24) is 14.5 Å². The van der Waals surface area contributed by atoms with Crippen LogP contribution in [0.3, 0.4) is 0 Å². The van der Waals surface area contributed by atoms with Crippen LogP contribution in [0.15, 0.2) is 29.1 Å². The normalized spacial score (nSPS) is 11.8. The van der Waals surface area contributed by atoms with Gasteiger partial charge in [-0.25, -0.2) is 4.79 Å². The highest BCUT2D eigenvalue weighted by Crippen LogP contribution is 2.13. The highest BCUT2D eigenvalue weighted by Gasteiger charge is 2.20. The minimum absolute atomic E-state index is 0.0551. The fourth-order valence-corrected chi connectivity index (χ4v) is 2.51. The summed E-state index contributed by atoms with van der Waals surface area (Å²) in [6, 6.07) is 7.62. The first kappa shape index (κ1) is 16.3. The number of nitrogens with zero attached hydrogens (tertiary/aromatic N) is 2. The average molecular weight is 303 g/mol. The van der Waals surface area contributed by atoms with E-state index >= 15 is 0 Å². The molecule has 1 heterocycles. The fourth-order valence-electron chi connectivity index (χ4n) is 2.51. The predicted octanol–water partition coefficient (Wildman–Crippen LogP) is 2.52. The molecule has 5 nitrogen and oxygen atoms in total. The third-order valence-corrected chi connectivity index (χ3v) is 4.04. The van der Waals surface area contributed by atoms with Crippen molar-refractivity contribution in [3.63, 3.8) is 0 Å². The number of para-hydroxylation sites is 2. The number of fused-ring (bicyclic) bond motifs is 1. The fraction of sp³-hybridized carbons (Fsp3) is 0.529. The Morgan fingerprint density at radius 3 is 2.27 bits per heavy atom. The van der Waals surface area contributed by atoms with E-state index in [4.69, 9.17) is 0 Å². The van der Waals surface area contributed by atoms with Gasteiger partial charge in [-0.2, -0.15) is 0 Å². The van der Waals surface area contributed by atoms with Gasteiger partial charge in [-0.3, -0.25) is 13.9 Å². The van der Waals surface area contributed by atoms with Crippen LogP contribution in [0.2, 0.25) is 0 Å². The van der Waals surface area contributed by atoms with Crippen LogP contribution in [0, 0.1) is 0 Å². The van der Waals surface area contributed by atoms with Gasteiger partial charge in [0.15, 0.2) is 0 Å². The van der Waals surface area contributed by atoms with E-state index in [2.05, 4.69) is 5.32 Å². The summed E-state index contributed by atoms with van der Waals surface area (Å²) >= 11 is 0. The van der Waals surface area contributed by atoms with Gasteiger partial charge in [-0.1, -0.05) is 26.0 Å². The van der Waals surface area contributed by atoms with E-state index < -0.39 is 0 Å². The Labute approximate surface area is 130 Å². The molecule has 0 fully saturated rings. The minimum atomic E-state index is -0.261. The number of imidazole rings is 1. The Kier molecular flexibility index (Phi) is 4.74. The standard InChI is InChI=1S/C17H25N3O2/c1-5-11-19-13-9-7-8-10-14(13)20(16(19)22)12-15(21)18-17(3,4)6-2/h7-10H,5-6,11-12H2,1-4H3,(H,18,21). The topological polar surface area (TPSA) is 56.0 Å². The number of rotatable bonds is 6. The summed E-state index contributed by atoms with van der Waals surface area (Å²) in [6.07, 6.45) is 1.72. The number of hydrogen-bond donors (Lipinski definition) is 1. The second-order valence-corrected chi connectivity index (χ2v) is 6.29. The predicted molar refractivity (Wildman–Crippen MR) is 89.0 cm³/mol. The van der Waals surface area contributed by atoms with Gasteiger partial charge in [0.1, 0.15) is 6.54 Å². The van der Waals surface area contributed by atoms with Gasteiger partial charge in [0, 0.05) is 12.1 Å². The molecule has 0 saturated heterocycles. The quantitative estimate of drug-likeness (QED) is 0.891. The molecule has 0 spiro atoms. The molecular formula is C17H25N3O2. The van der Waals surface area contributed by atoms with Gasteiger partial charge in [0.25, 0.3) is 0 Å². The number of carbonyl (C=O) groups is 1. The van der Waals surface area contributed by atoms with Gasteiger partial charge >= 0.3 is 5.69 Å². The number of amides is 1. The van der Waals surface area contributed by atoms with Gasteiger partial charge in [0.2, 0.25) is 5.91 Å². The number of hydrogen-bond acceptors (Lipinski definition) is 2. The Bertz CT molecular complexity index is 725. The summed E-state index contributed by atoms with van der Waals surface area (Å²) in [6.45, 7) is 8.74. The first-order chi connectivity index (χ1) is 10.4. The van der Waals surface area contributed by atoms with Crippen molar-refractivity contribution in [2.24, 2.45) is 0 Å². The maximum atomic E-state index is 12.6. The van der Waals surface area contributed by atoms with Crippen molar-refractivity contribution in [1.29, 1.82) is 0 Å². The van der Waals surface area contributed by atoms with Crippen molar-refractivity contribution in [2.45, 2.75) is 59.2 Å². The molecule has 0 unspecified atom stereocenters. The van der Waals surface area contributed by atoms with Crippen LogP contribution in [-0.4, -0.2) is 20.6 Å². The molecule has 0 aliphatic rings. The van der Waals surface area contributed by atoms with E-state index in [0.717, 1.165) is 23.9 Å². The zero-order valence-electron chi connectivity index (χ0n) is 13.8. The summed E-state index contributed by atoms with van der Waals surface area (Å²) in [7, 11) is 0. The molecule has 22 heavy (non-hydrogen) atoms. The van der Waals surface area contributed by atoms with Crippen molar-refractivity contribution in [3.05, 3.63) is 34.7 Å². The lowest BCUT2D eigenvalue weighted by atomic mass is 10.0. The molecule has 1 N–H and O–H groups in total. The lowest BCUT2D eigenvalue weighted by molar-refractivity contribution is -0.123. The van der Waals surface area contributed by atoms with Crippen LogP contribution >= 0.6 is 0 Å². The molecular weight excluding hydrogens is 278 g/mol. The Balaban J connectivity index is 2.38. The molecule has 0 aliphatic heterocycles. The van der Waals surface area contributed by atoms with Crippen LogP contribution < -0.4 is 11.0 Å².